The van der Waals surface area contributed by atoms with Crippen molar-refractivity contribution in [2.45, 2.75) is 52.0 Å². The van der Waals surface area contributed by atoms with Crippen LogP contribution >= 0.6 is 23.2 Å². The molecule has 9 nitrogen and oxygen atoms in total. The third-order valence-corrected chi connectivity index (χ3v) is 9.30. The van der Waals surface area contributed by atoms with Crippen molar-refractivity contribution < 1.29 is 24.4 Å². The minimum Gasteiger partial charge on any atom is -0.492 e. The highest BCUT2D eigenvalue weighted by Crippen LogP contribution is 2.38. The van der Waals surface area contributed by atoms with Crippen molar-refractivity contribution in [3.63, 3.8) is 0 Å². The van der Waals surface area contributed by atoms with Crippen molar-refractivity contribution in [1.82, 2.24) is 15.2 Å². The number of halogens is 2. The quantitative estimate of drug-likeness (QED) is 0.103. The van der Waals surface area contributed by atoms with Gasteiger partial charge in [0.05, 0.1) is 41.5 Å². The summed E-state index contributed by atoms with van der Waals surface area (Å²) in [6, 6.07) is 18.7. The standard InChI is InChI=1S/C38H42Cl2N4O5/c1-26-29(7-4-8-32(26)33-9-5-10-35(38(33)40)47-14-6-13-44-11-2-3-12-44)25-49-37-17-36(48-24-28-15-27(18-41)19-42-20-28)30(16-34(37)39)21-43-31(22-45)23-46/h4-5,7-10,15-17,19-20,31,43,45-46H,2-3,6,11-14,21-25H2,1H3. The van der Waals surface area contributed by atoms with E-state index in [1.807, 2.05) is 43.3 Å². The van der Waals surface area contributed by atoms with Crippen LogP contribution in [-0.4, -0.2) is 65.6 Å². The number of aliphatic hydroxyl groups is 2. The first-order valence-electron chi connectivity index (χ1n) is 16.5. The van der Waals surface area contributed by atoms with E-state index in [1.54, 1.807) is 24.4 Å². The lowest BCUT2D eigenvalue weighted by Crippen LogP contribution is -2.35. The van der Waals surface area contributed by atoms with Gasteiger partial charge >= 0.3 is 0 Å². The van der Waals surface area contributed by atoms with Crippen LogP contribution in [0.25, 0.3) is 11.1 Å². The number of likely N-dealkylation sites (tertiary alicyclic amines) is 1. The monoisotopic (exact) mass is 704 g/mol. The predicted molar refractivity (Wildman–Crippen MR) is 191 cm³/mol. The molecule has 0 amide bonds. The fraction of sp³-hybridized carbons (Fsp3) is 0.368. The molecule has 0 aliphatic carbocycles. The smallest absolute Gasteiger partial charge is 0.142 e. The van der Waals surface area contributed by atoms with Crippen molar-refractivity contribution >= 4 is 23.2 Å². The molecule has 3 aromatic carbocycles. The second-order valence-electron chi connectivity index (χ2n) is 12.1. The van der Waals surface area contributed by atoms with Crippen molar-refractivity contribution in [3.05, 3.63) is 105 Å². The van der Waals surface area contributed by atoms with Crippen LogP contribution in [0.2, 0.25) is 10.0 Å². The number of nitriles is 1. The van der Waals surface area contributed by atoms with Crippen molar-refractivity contribution in [3.8, 4) is 34.4 Å². The van der Waals surface area contributed by atoms with Crippen LogP contribution in [0, 0.1) is 18.3 Å². The molecule has 258 valence electrons. The van der Waals surface area contributed by atoms with Gasteiger partial charge in [0.2, 0.25) is 0 Å². The van der Waals surface area contributed by atoms with E-state index < -0.39 is 6.04 Å². The van der Waals surface area contributed by atoms with Gasteiger partial charge in [-0.25, -0.2) is 0 Å². The number of aromatic nitrogens is 1. The molecule has 0 bridgehead atoms. The molecule has 4 aromatic rings. The molecule has 0 saturated carbocycles. The summed E-state index contributed by atoms with van der Waals surface area (Å²) in [6.45, 7) is 6.26. The lowest BCUT2D eigenvalue weighted by molar-refractivity contribution is 0.170. The molecule has 5 rings (SSSR count). The summed E-state index contributed by atoms with van der Waals surface area (Å²) in [7, 11) is 0. The van der Waals surface area contributed by atoms with E-state index in [1.165, 1.54) is 32.1 Å². The van der Waals surface area contributed by atoms with Crippen LogP contribution in [0.3, 0.4) is 0 Å². The fourth-order valence-electron chi connectivity index (χ4n) is 5.78. The molecular formula is C38H42Cl2N4O5. The SMILES string of the molecule is Cc1c(COc2cc(OCc3cncc(C#N)c3)c(CNC(CO)CO)cc2Cl)cccc1-c1cccc(OCCCN2CCCC2)c1Cl. The normalized spacial score (nSPS) is 13.1. The molecule has 49 heavy (non-hydrogen) atoms. The van der Waals surface area contributed by atoms with Crippen LogP contribution in [0.15, 0.2) is 67.0 Å². The molecule has 0 spiro atoms. The number of aliphatic hydroxyl groups excluding tert-OH is 2. The van der Waals surface area contributed by atoms with Gasteiger partial charge in [0, 0.05) is 48.2 Å². The summed E-state index contributed by atoms with van der Waals surface area (Å²) >= 11 is 13.6. The minimum atomic E-state index is -0.505. The molecule has 0 radical (unpaired) electrons. The zero-order valence-electron chi connectivity index (χ0n) is 27.6. The van der Waals surface area contributed by atoms with Gasteiger partial charge in [-0.1, -0.05) is 53.5 Å². The predicted octanol–water partition coefficient (Wildman–Crippen LogP) is 6.70. The second kappa shape index (κ2) is 18.2. The Morgan fingerprint density at radius 1 is 0.898 bits per heavy atom. The number of nitrogens with zero attached hydrogens (tertiary/aromatic N) is 3. The van der Waals surface area contributed by atoms with Gasteiger partial charge in [-0.3, -0.25) is 4.98 Å². The molecule has 2 heterocycles. The number of hydrogen-bond acceptors (Lipinski definition) is 9. The Labute approximate surface area is 298 Å². The minimum absolute atomic E-state index is 0.156. The average Bonchev–Trinajstić information content (AvgIpc) is 3.65. The first-order chi connectivity index (χ1) is 23.9. The molecule has 1 aliphatic heterocycles. The Kier molecular flexibility index (Phi) is 13.5. The maximum atomic E-state index is 9.52. The molecule has 1 aliphatic rings. The van der Waals surface area contributed by atoms with E-state index in [0.29, 0.717) is 45.0 Å². The molecule has 1 saturated heterocycles. The Hall–Kier alpha value is -3.88. The summed E-state index contributed by atoms with van der Waals surface area (Å²) in [5.74, 6) is 1.60. The summed E-state index contributed by atoms with van der Waals surface area (Å²) in [6.07, 6.45) is 6.64. The fourth-order valence-corrected chi connectivity index (χ4v) is 6.31. The van der Waals surface area contributed by atoms with E-state index >= 15 is 0 Å². The van der Waals surface area contributed by atoms with E-state index in [9.17, 15) is 15.5 Å². The van der Waals surface area contributed by atoms with Crippen molar-refractivity contribution in [2.75, 3.05) is 39.5 Å². The Balaban J connectivity index is 1.31. The zero-order valence-corrected chi connectivity index (χ0v) is 29.1. The van der Waals surface area contributed by atoms with Gasteiger partial charge in [0.15, 0.2) is 0 Å². The van der Waals surface area contributed by atoms with Crippen LogP contribution in [0.5, 0.6) is 17.2 Å². The summed E-state index contributed by atoms with van der Waals surface area (Å²) in [5.41, 5.74) is 5.73. The van der Waals surface area contributed by atoms with Crippen molar-refractivity contribution in [2.24, 2.45) is 0 Å². The van der Waals surface area contributed by atoms with E-state index in [2.05, 4.69) is 21.3 Å². The lowest BCUT2D eigenvalue weighted by atomic mass is 9.96. The summed E-state index contributed by atoms with van der Waals surface area (Å²) in [4.78, 5) is 6.59. The number of pyridine rings is 1. The number of benzene rings is 3. The highest BCUT2D eigenvalue weighted by molar-refractivity contribution is 6.35. The van der Waals surface area contributed by atoms with E-state index in [-0.39, 0.29) is 33.0 Å². The molecule has 0 atom stereocenters. The van der Waals surface area contributed by atoms with Gasteiger partial charge < -0.3 is 34.6 Å². The second-order valence-corrected chi connectivity index (χ2v) is 12.8. The van der Waals surface area contributed by atoms with Gasteiger partial charge in [-0.15, -0.1) is 0 Å². The third kappa shape index (κ3) is 9.86. The van der Waals surface area contributed by atoms with Crippen LogP contribution < -0.4 is 19.5 Å². The lowest BCUT2D eigenvalue weighted by Gasteiger charge is -2.19. The van der Waals surface area contributed by atoms with Gasteiger partial charge in [0.25, 0.3) is 0 Å². The van der Waals surface area contributed by atoms with Gasteiger partial charge in [-0.2, -0.15) is 5.26 Å². The average molecular weight is 706 g/mol. The molecule has 1 aromatic heterocycles. The highest BCUT2D eigenvalue weighted by atomic mass is 35.5. The molecule has 0 unspecified atom stereocenters. The summed E-state index contributed by atoms with van der Waals surface area (Å²) in [5, 5.41) is 32.4. The Morgan fingerprint density at radius 2 is 1.65 bits per heavy atom. The Morgan fingerprint density at radius 3 is 2.43 bits per heavy atom. The maximum absolute atomic E-state index is 9.52. The number of rotatable bonds is 17. The van der Waals surface area contributed by atoms with E-state index in [4.69, 9.17) is 37.4 Å². The first-order valence-corrected chi connectivity index (χ1v) is 17.3. The maximum Gasteiger partial charge on any atom is 0.142 e. The molecule has 1 fully saturated rings. The van der Waals surface area contributed by atoms with Crippen LogP contribution in [0.4, 0.5) is 0 Å². The van der Waals surface area contributed by atoms with Crippen molar-refractivity contribution in [1.29, 1.82) is 5.26 Å². The molecular weight excluding hydrogens is 663 g/mol. The topological polar surface area (TPSA) is 120 Å². The van der Waals surface area contributed by atoms with Crippen LogP contribution in [0.1, 0.15) is 47.1 Å². The van der Waals surface area contributed by atoms with E-state index in [0.717, 1.165) is 40.8 Å². The first kappa shape index (κ1) is 36.4. The number of hydrogen-bond donors (Lipinski definition) is 3. The number of ether oxygens (including phenoxy) is 3. The van der Waals surface area contributed by atoms with Crippen LogP contribution in [-0.2, 0) is 19.8 Å². The molecule has 3 N–H and O–H groups in total. The zero-order chi connectivity index (χ0) is 34.6. The third-order valence-electron chi connectivity index (χ3n) is 8.61. The molecule has 11 heteroatoms. The van der Waals surface area contributed by atoms with Gasteiger partial charge in [-0.05, 0) is 74.2 Å². The highest BCUT2D eigenvalue weighted by Gasteiger charge is 2.17. The van der Waals surface area contributed by atoms with Gasteiger partial charge in [0.1, 0.15) is 36.5 Å². The largest absolute Gasteiger partial charge is 0.492 e. The number of nitrogens with one attached hydrogen (secondary N) is 1. The summed E-state index contributed by atoms with van der Waals surface area (Å²) < 4.78 is 18.6. The Bertz CT molecular complexity index is 1740.